The van der Waals surface area contributed by atoms with E-state index in [0.29, 0.717) is 20.7 Å². The van der Waals surface area contributed by atoms with E-state index in [0.717, 1.165) is 0 Å². The number of halogens is 2. The molecule has 0 spiro atoms. The van der Waals surface area contributed by atoms with Crippen molar-refractivity contribution < 1.29 is 5.11 Å². The summed E-state index contributed by atoms with van der Waals surface area (Å²) in [6.07, 6.45) is -0.700. The molecule has 0 aliphatic carbocycles. The zero-order valence-electron chi connectivity index (χ0n) is 6.80. The summed E-state index contributed by atoms with van der Waals surface area (Å²) in [6.45, 7) is 0.159. The standard InChI is InChI=1S/C8H10BrClN2O/c9-5-1-4(7(13)3-11)2-6(10)8(5)12/h1-2,7,13H,3,11-12H2/t7-/m0/s1. The average Bonchev–Trinajstić information content (AvgIpc) is 2.12. The lowest BCUT2D eigenvalue weighted by molar-refractivity contribution is 0.186. The molecule has 0 heterocycles. The van der Waals surface area contributed by atoms with Crippen LogP contribution in [0.25, 0.3) is 0 Å². The lowest BCUT2D eigenvalue weighted by Gasteiger charge is -2.10. The highest BCUT2D eigenvalue weighted by Crippen LogP contribution is 2.31. The number of benzene rings is 1. The molecule has 0 fully saturated rings. The molecule has 0 bridgehead atoms. The van der Waals surface area contributed by atoms with Crippen LogP contribution < -0.4 is 11.5 Å². The summed E-state index contributed by atoms with van der Waals surface area (Å²) in [5.74, 6) is 0. The molecule has 0 radical (unpaired) electrons. The number of rotatable bonds is 2. The van der Waals surface area contributed by atoms with Gasteiger partial charge in [0, 0.05) is 11.0 Å². The third-order valence-corrected chi connectivity index (χ3v) is 2.68. The minimum Gasteiger partial charge on any atom is -0.397 e. The number of hydrogen-bond acceptors (Lipinski definition) is 3. The molecule has 0 unspecified atom stereocenters. The Kier molecular flexibility index (Phi) is 3.55. The number of aliphatic hydroxyl groups is 1. The van der Waals surface area contributed by atoms with Crippen LogP contribution in [0.1, 0.15) is 11.7 Å². The Labute approximate surface area is 89.8 Å². The Bertz CT molecular complexity index is 296. The van der Waals surface area contributed by atoms with Gasteiger partial charge in [-0.3, -0.25) is 0 Å². The maximum absolute atomic E-state index is 9.42. The van der Waals surface area contributed by atoms with Gasteiger partial charge in [0.25, 0.3) is 0 Å². The highest BCUT2D eigenvalue weighted by atomic mass is 79.9. The predicted octanol–water partition coefficient (Wildman–Crippen LogP) is 1.68. The van der Waals surface area contributed by atoms with Gasteiger partial charge in [0.2, 0.25) is 0 Å². The second-order valence-electron chi connectivity index (χ2n) is 2.65. The van der Waals surface area contributed by atoms with Crippen LogP contribution in [-0.4, -0.2) is 11.7 Å². The second kappa shape index (κ2) is 4.28. The number of anilines is 1. The van der Waals surface area contributed by atoms with Crippen LogP contribution in [0, 0.1) is 0 Å². The van der Waals surface area contributed by atoms with Crippen molar-refractivity contribution in [1.82, 2.24) is 0 Å². The van der Waals surface area contributed by atoms with Crippen molar-refractivity contribution in [2.24, 2.45) is 5.73 Å². The smallest absolute Gasteiger partial charge is 0.0913 e. The van der Waals surface area contributed by atoms with E-state index in [2.05, 4.69) is 15.9 Å². The van der Waals surface area contributed by atoms with E-state index in [1.54, 1.807) is 12.1 Å². The van der Waals surface area contributed by atoms with Gasteiger partial charge in [-0.15, -0.1) is 0 Å². The summed E-state index contributed by atoms with van der Waals surface area (Å²) in [5, 5.41) is 9.84. The van der Waals surface area contributed by atoms with Gasteiger partial charge >= 0.3 is 0 Å². The van der Waals surface area contributed by atoms with Crippen LogP contribution in [0.2, 0.25) is 5.02 Å². The maximum atomic E-state index is 9.42. The first-order valence-electron chi connectivity index (χ1n) is 3.68. The minimum absolute atomic E-state index is 0.159. The fraction of sp³-hybridized carbons (Fsp3) is 0.250. The fourth-order valence-corrected chi connectivity index (χ4v) is 1.75. The highest BCUT2D eigenvalue weighted by Gasteiger charge is 2.09. The molecular weight excluding hydrogens is 255 g/mol. The monoisotopic (exact) mass is 264 g/mol. The highest BCUT2D eigenvalue weighted by molar-refractivity contribution is 9.10. The summed E-state index contributed by atoms with van der Waals surface area (Å²) in [4.78, 5) is 0. The minimum atomic E-state index is -0.700. The van der Waals surface area contributed by atoms with Gasteiger partial charge < -0.3 is 16.6 Å². The average molecular weight is 266 g/mol. The molecule has 0 amide bonds. The van der Waals surface area contributed by atoms with E-state index in [-0.39, 0.29) is 6.54 Å². The second-order valence-corrected chi connectivity index (χ2v) is 3.91. The van der Waals surface area contributed by atoms with Crippen molar-refractivity contribution in [2.75, 3.05) is 12.3 Å². The van der Waals surface area contributed by atoms with Crippen molar-refractivity contribution in [3.8, 4) is 0 Å². The van der Waals surface area contributed by atoms with E-state index in [9.17, 15) is 5.11 Å². The molecule has 5 heteroatoms. The van der Waals surface area contributed by atoms with E-state index >= 15 is 0 Å². The number of hydrogen-bond donors (Lipinski definition) is 3. The third-order valence-electron chi connectivity index (χ3n) is 1.71. The van der Waals surface area contributed by atoms with Crippen LogP contribution in [0.4, 0.5) is 5.69 Å². The molecule has 0 aliphatic heterocycles. The van der Waals surface area contributed by atoms with Crippen LogP contribution in [0.5, 0.6) is 0 Å². The summed E-state index contributed by atoms with van der Waals surface area (Å²) in [7, 11) is 0. The molecule has 1 rings (SSSR count). The zero-order valence-corrected chi connectivity index (χ0v) is 9.14. The Morgan fingerprint density at radius 1 is 1.54 bits per heavy atom. The van der Waals surface area contributed by atoms with Crippen LogP contribution in [0.15, 0.2) is 16.6 Å². The number of nitrogen functional groups attached to an aromatic ring is 1. The van der Waals surface area contributed by atoms with Crippen LogP contribution in [-0.2, 0) is 0 Å². The van der Waals surface area contributed by atoms with Crippen molar-refractivity contribution >= 4 is 33.2 Å². The van der Waals surface area contributed by atoms with Gasteiger partial charge in [-0.2, -0.15) is 0 Å². The topological polar surface area (TPSA) is 72.3 Å². The van der Waals surface area contributed by atoms with Gasteiger partial charge in [0.05, 0.1) is 16.8 Å². The zero-order chi connectivity index (χ0) is 10.0. The van der Waals surface area contributed by atoms with Crippen molar-refractivity contribution in [3.05, 3.63) is 27.2 Å². The van der Waals surface area contributed by atoms with Gasteiger partial charge in [-0.1, -0.05) is 11.6 Å². The molecular formula is C8H10BrClN2O. The summed E-state index contributed by atoms with van der Waals surface area (Å²) < 4.78 is 0.669. The van der Waals surface area contributed by atoms with Gasteiger partial charge in [0.15, 0.2) is 0 Å². The van der Waals surface area contributed by atoms with Gasteiger partial charge in [-0.25, -0.2) is 0 Å². The molecule has 0 aliphatic rings. The summed E-state index contributed by atoms with van der Waals surface area (Å²) >= 11 is 9.05. The van der Waals surface area contributed by atoms with E-state index in [4.69, 9.17) is 23.1 Å². The quantitative estimate of drug-likeness (QED) is 0.712. The Hall–Kier alpha value is -0.290. The first-order valence-corrected chi connectivity index (χ1v) is 4.86. The summed E-state index contributed by atoms with van der Waals surface area (Å²) in [5.41, 5.74) is 12.0. The molecule has 3 nitrogen and oxygen atoms in total. The Balaban J connectivity index is 3.13. The Morgan fingerprint density at radius 2 is 2.15 bits per heavy atom. The van der Waals surface area contributed by atoms with E-state index < -0.39 is 6.10 Å². The first kappa shape index (κ1) is 10.8. The molecule has 1 aromatic rings. The molecule has 72 valence electrons. The number of aliphatic hydroxyl groups excluding tert-OH is 1. The van der Waals surface area contributed by atoms with E-state index in [1.165, 1.54) is 0 Å². The third kappa shape index (κ3) is 2.34. The molecule has 1 atom stereocenters. The van der Waals surface area contributed by atoms with Gasteiger partial charge in [0.1, 0.15) is 0 Å². The molecule has 5 N–H and O–H groups in total. The van der Waals surface area contributed by atoms with Crippen LogP contribution >= 0.6 is 27.5 Å². The lowest BCUT2D eigenvalue weighted by atomic mass is 10.1. The normalized spacial score (nSPS) is 12.9. The maximum Gasteiger partial charge on any atom is 0.0913 e. The molecule has 0 saturated heterocycles. The SMILES string of the molecule is NC[C@H](O)c1cc(Cl)c(N)c(Br)c1. The van der Waals surface area contributed by atoms with Crippen LogP contribution in [0.3, 0.4) is 0 Å². The molecule has 1 aromatic carbocycles. The fourth-order valence-electron chi connectivity index (χ4n) is 0.932. The lowest BCUT2D eigenvalue weighted by Crippen LogP contribution is -2.11. The summed E-state index contributed by atoms with van der Waals surface area (Å²) in [6, 6.07) is 3.32. The first-order chi connectivity index (χ1) is 6.06. The van der Waals surface area contributed by atoms with Crippen molar-refractivity contribution in [2.45, 2.75) is 6.10 Å². The largest absolute Gasteiger partial charge is 0.397 e. The molecule has 0 saturated carbocycles. The number of nitrogens with two attached hydrogens (primary N) is 2. The van der Waals surface area contributed by atoms with E-state index in [1.807, 2.05) is 0 Å². The molecule has 13 heavy (non-hydrogen) atoms. The van der Waals surface area contributed by atoms with Crippen molar-refractivity contribution in [3.63, 3.8) is 0 Å². The predicted molar refractivity (Wildman–Crippen MR) is 57.6 cm³/mol. The van der Waals surface area contributed by atoms with Crippen molar-refractivity contribution in [1.29, 1.82) is 0 Å². The molecule has 0 aromatic heterocycles. The van der Waals surface area contributed by atoms with Gasteiger partial charge in [-0.05, 0) is 33.6 Å². The Morgan fingerprint density at radius 3 is 2.62 bits per heavy atom.